The fourth-order valence-electron chi connectivity index (χ4n) is 1.56. The van der Waals surface area contributed by atoms with Crippen LogP contribution in [0.3, 0.4) is 0 Å². The van der Waals surface area contributed by atoms with Crippen LogP contribution in [0.5, 0.6) is 5.75 Å². The van der Waals surface area contributed by atoms with Gasteiger partial charge < -0.3 is 5.11 Å². The molecule has 0 heterocycles. The highest BCUT2D eigenvalue weighted by molar-refractivity contribution is 5.44. The van der Waals surface area contributed by atoms with Crippen molar-refractivity contribution in [3.8, 4) is 5.75 Å². The predicted octanol–water partition coefficient (Wildman–Crippen LogP) is 3.56. The molecule has 0 atom stereocenters. The molecule has 14 heavy (non-hydrogen) atoms. The van der Waals surface area contributed by atoms with E-state index in [-0.39, 0.29) is 5.41 Å². The number of aromatic hydroxyl groups is 1. The summed E-state index contributed by atoms with van der Waals surface area (Å²) in [5.41, 5.74) is 3.48. The minimum Gasteiger partial charge on any atom is -0.507 e. The quantitative estimate of drug-likeness (QED) is 0.721. The van der Waals surface area contributed by atoms with Crippen molar-refractivity contribution in [2.24, 2.45) is 0 Å². The van der Waals surface area contributed by atoms with Crippen molar-refractivity contribution in [2.75, 3.05) is 0 Å². The molecule has 0 saturated carbocycles. The Morgan fingerprint density at radius 3 is 2.21 bits per heavy atom. The maximum atomic E-state index is 9.79. The van der Waals surface area contributed by atoms with Gasteiger partial charge in [0.1, 0.15) is 5.75 Å². The van der Waals surface area contributed by atoms with E-state index in [9.17, 15) is 5.11 Å². The standard InChI is InChI=1S/C13H20O/c1-6-10-8-11(13(3,4)5)7-9(2)12(10)14/h7-8,14H,6H2,1-5H3. The first kappa shape index (κ1) is 11.1. The van der Waals surface area contributed by atoms with E-state index >= 15 is 0 Å². The Balaban J connectivity index is 3.30. The zero-order valence-corrected chi connectivity index (χ0v) is 9.81. The van der Waals surface area contributed by atoms with Gasteiger partial charge in [0.15, 0.2) is 0 Å². The minimum atomic E-state index is 0.155. The van der Waals surface area contributed by atoms with E-state index in [1.807, 2.05) is 6.92 Å². The molecule has 0 radical (unpaired) electrons. The third-order valence-electron chi connectivity index (χ3n) is 2.63. The average molecular weight is 192 g/mol. The molecule has 0 amide bonds. The van der Waals surface area contributed by atoms with Crippen molar-refractivity contribution >= 4 is 0 Å². The Kier molecular flexibility index (Phi) is 2.89. The first-order valence-electron chi connectivity index (χ1n) is 5.19. The van der Waals surface area contributed by atoms with Gasteiger partial charge in [-0.05, 0) is 35.4 Å². The number of hydrogen-bond donors (Lipinski definition) is 1. The van der Waals surface area contributed by atoms with Crippen LogP contribution >= 0.6 is 0 Å². The molecule has 1 heteroatoms. The zero-order valence-electron chi connectivity index (χ0n) is 9.81. The molecular weight excluding hydrogens is 172 g/mol. The summed E-state index contributed by atoms with van der Waals surface area (Å²) in [7, 11) is 0. The van der Waals surface area contributed by atoms with Crippen LogP contribution in [-0.2, 0) is 11.8 Å². The van der Waals surface area contributed by atoms with Crippen LogP contribution in [0.4, 0.5) is 0 Å². The van der Waals surface area contributed by atoms with E-state index in [0.29, 0.717) is 5.75 Å². The smallest absolute Gasteiger partial charge is 0.121 e. The molecule has 1 aromatic rings. The molecule has 1 rings (SSSR count). The van der Waals surface area contributed by atoms with E-state index in [4.69, 9.17) is 0 Å². The Morgan fingerprint density at radius 1 is 1.21 bits per heavy atom. The largest absolute Gasteiger partial charge is 0.507 e. The molecule has 78 valence electrons. The minimum absolute atomic E-state index is 0.155. The van der Waals surface area contributed by atoms with E-state index in [1.165, 1.54) is 5.56 Å². The van der Waals surface area contributed by atoms with Crippen LogP contribution in [0.15, 0.2) is 12.1 Å². The fraction of sp³-hybridized carbons (Fsp3) is 0.538. The molecule has 0 aliphatic carbocycles. The molecule has 0 fully saturated rings. The lowest BCUT2D eigenvalue weighted by Gasteiger charge is -2.21. The van der Waals surface area contributed by atoms with E-state index < -0.39 is 0 Å². The number of aryl methyl sites for hydroxylation is 2. The first-order valence-corrected chi connectivity index (χ1v) is 5.19. The molecule has 1 aromatic carbocycles. The molecule has 0 spiro atoms. The summed E-state index contributed by atoms with van der Waals surface area (Å²) in [5.74, 6) is 0.459. The lowest BCUT2D eigenvalue weighted by Crippen LogP contribution is -2.11. The number of rotatable bonds is 1. The lowest BCUT2D eigenvalue weighted by atomic mass is 9.84. The highest BCUT2D eigenvalue weighted by Gasteiger charge is 2.16. The van der Waals surface area contributed by atoms with Crippen LogP contribution in [0.2, 0.25) is 0 Å². The monoisotopic (exact) mass is 192 g/mol. The Morgan fingerprint density at radius 2 is 1.79 bits per heavy atom. The maximum Gasteiger partial charge on any atom is 0.121 e. The summed E-state index contributed by atoms with van der Waals surface area (Å²) < 4.78 is 0. The van der Waals surface area contributed by atoms with Gasteiger partial charge >= 0.3 is 0 Å². The molecule has 0 aliphatic heterocycles. The summed E-state index contributed by atoms with van der Waals surface area (Å²) in [5, 5.41) is 9.79. The van der Waals surface area contributed by atoms with Crippen LogP contribution in [-0.4, -0.2) is 5.11 Å². The first-order chi connectivity index (χ1) is 6.36. The number of phenols is 1. The topological polar surface area (TPSA) is 20.2 Å². The van der Waals surface area contributed by atoms with Crippen LogP contribution in [0.1, 0.15) is 44.4 Å². The maximum absolute atomic E-state index is 9.79. The van der Waals surface area contributed by atoms with Crippen molar-refractivity contribution in [1.29, 1.82) is 0 Å². The average Bonchev–Trinajstić information content (AvgIpc) is 2.07. The van der Waals surface area contributed by atoms with Gasteiger partial charge in [-0.1, -0.05) is 39.8 Å². The van der Waals surface area contributed by atoms with Gasteiger partial charge in [0.2, 0.25) is 0 Å². The predicted molar refractivity (Wildman–Crippen MR) is 60.9 cm³/mol. The van der Waals surface area contributed by atoms with Crippen molar-refractivity contribution in [3.63, 3.8) is 0 Å². The molecule has 1 nitrogen and oxygen atoms in total. The van der Waals surface area contributed by atoms with Crippen molar-refractivity contribution in [1.82, 2.24) is 0 Å². The fourth-order valence-corrected chi connectivity index (χ4v) is 1.56. The number of hydrogen-bond acceptors (Lipinski definition) is 1. The van der Waals surface area contributed by atoms with Gasteiger partial charge in [0, 0.05) is 0 Å². The van der Waals surface area contributed by atoms with E-state index in [2.05, 4.69) is 39.8 Å². The molecule has 0 aliphatic rings. The van der Waals surface area contributed by atoms with Crippen LogP contribution in [0.25, 0.3) is 0 Å². The zero-order chi connectivity index (χ0) is 10.9. The molecule has 0 unspecified atom stereocenters. The Hall–Kier alpha value is -0.980. The molecule has 1 N–H and O–H groups in total. The highest BCUT2D eigenvalue weighted by atomic mass is 16.3. The normalized spacial score (nSPS) is 11.8. The van der Waals surface area contributed by atoms with Gasteiger partial charge in [0.05, 0.1) is 0 Å². The third-order valence-corrected chi connectivity index (χ3v) is 2.63. The Labute approximate surface area is 86.8 Å². The van der Waals surface area contributed by atoms with Crippen molar-refractivity contribution in [2.45, 2.75) is 46.5 Å². The summed E-state index contributed by atoms with van der Waals surface area (Å²) >= 11 is 0. The molecular formula is C13H20O. The van der Waals surface area contributed by atoms with E-state index in [1.54, 1.807) is 0 Å². The van der Waals surface area contributed by atoms with Crippen molar-refractivity contribution in [3.05, 3.63) is 28.8 Å². The van der Waals surface area contributed by atoms with Crippen molar-refractivity contribution < 1.29 is 5.11 Å². The molecule has 0 aromatic heterocycles. The van der Waals surface area contributed by atoms with Gasteiger partial charge in [0.25, 0.3) is 0 Å². The summed E-state index contributed by atoms with van der Waals surface area (Å²) in [6, 6.07) is 4.19. The molecule has 0 saturated heterocycles. The second-order valence-electron chi connectivity index (χ2n) is 4.90. The summed E-state index contributed by atoms with van der Waals surface area (Å²) in [6.07, 6.45) is 0.886. The third kappa shape index (κ3) is 2.09. The second-order valence-corrected chi connectivity index (χ2v) is 4.90. The summed E-state index contributed by atoms with van der Waals surface area (Å²) in [6.45, 7) is 10.6. The summed E-state index contributed by atoms with van der Waals surface area (Å²) in [4.78, 5) is 0. The second kappa shape index (κ2) is 3.64. The lowest BCUT2D eigenvalue weighted by molar-refractivity contribution is 0.463. The van der Waals surface area contributed by atoms with Gasteiger partial charge in [-0.15, -0.1) is 0 Å². The number of benzene rings is 1. The van der Waals surface area contributed by atoms with Crippen LogP contribution in [0, 0.1) is 6.92 Å². The SMILES string of the molecule is CCc1cc(C(C)(C)C)cc(C)c1O. The van der Waals surface area contributed by atoms with Gasteiger partial charge in [-0.25, -0.2) is 0 Å². The Bertz CT molecular complexity index is 332. The number of phenolic OH excluding ortho intramolecular Hbond substituents is 1. The highest BCUT2D eigenvalue weighted by Crippen LogP contribution is 2.30. The van der Waals surface area contributed by atoms with Gasteiger partial charge in [-0.3, -0.25) is 0 Å². The molecule has 0 bridgehead atoms. The van der Waals surface area contributed by atoms with Gasteiger partial charge in [-0.2, -0.15) is 0 Å². The van der Waals surface area contributed by atoms with E-state index in [0.717, 1.165) is 17.5 Å². The van der Waals surface area contributed by atoms with Crippen LogP contribution < -0.4 is 0 Å².